The van der Waals surface area contributed by atoms with Gasteiger partial charge in [-0.2, -0.15) is 5.10 Å². The van der Waals surface area contributed by atoms with Gasteiger partial charge >= 0.3 is 0 Å². The van der Waals surface area contributed by atoms with Crippen molar-refractivity contribution in [1.82, 2.24) is 20.0 Å². The van der Waals surface area contributed by atoms with Crippen molar-refractivity contribution in [3.63, 3.8) is 0 Å². The van der Waals surface area contributed by atoms with Crippen LogP contribution in [-0.4, -0.2) is 46.3 Å². The first-order valence-electron chi connectivity index (χ1n) is 10.9. The first-order chi connectivity index (χ1) is 14.7. The lowest BCUT2D eigenvalue weighted by molar-refractivity contribution is 0.0912. The van der Waals surface area contributed by atoms with Gasteiger partial charge in [0.2, 0.25) is 0 Å². The molecule has 3 aromatic rings. The molecule has 1 aliphatic rings. The highest BCUT2D eigenvalue weighted by molar-refractivity contribution is 6.00. The maximum atomic E-state index is 13.3. The molecule has 1 fully saturated rings. The van der Waals surface area contributed by atoms with E-state index in [9.17, 15) is 4.79 Å². The van der Waals surface area contributed by atoms with Crippen LogP contribution in [0.4, 0.5) is 0 Å². The number of likely N-dealkylation sites (tertiary alicyclic amines) is 1. The zero-order valence-corrected chi connectivity index (χ0v) is 17.8. The van der Waals surface area contributed by atoms with Gasteiger partial charge < -0.3 is 10.2 Å². The van der Waals surface area contributed by atoms with Crippen molar-refractivity contribution < 1.29 is 4.79 Å². The van der Waals surface area contributed by atoms with Crippen LogP contribution in [0, 0.1) is 6.92 Å². The smallest absolute Gasteiger partial charge is 0.255 e. The van der Waals surface area contributed by atoms with Gasteiger partial charge in [-0.25, -0.2) is 4.68 Å². The first-order valence-corrected chi connectivity index (χ1v) is 10.9. The van der Waals surface area contributed by atoms with E-state index in [2.05, 4.69) is 30.1 Å². The number of amides is 1. The number of nitrogens with one attached hydrogen (secondary N) is 1. The molecule has 1 aliphatic heterocycles. The lowest BCUT2D eigenvalue weighted by Crippen LogP contribution is -2.44. The van der Waals surface area contributed by atoms with E-state index < -0.39 is 0 Å². The normalized spacial score (nSPS) is 15.3. The van der Waals surface area contributed by atoms with Gasteiger partial charge in [0.15, 0.2) is 0 Å². The molecule has 0 unspecified atom stereocenters. The highest BCUT2D eigenvalue weighted by Gasteiger charge is 2.24. The largest absolute Gasteiger partial charge is 0.349 e. The molecule has 30 heavy (non-hydrogen) atoms. The summed E-state index contributed by atoms with van der Waals surface area (Å²) in [5.41, 5.74) is 4.41. The van der Waals surface area contributed by atoms with Crippen LogP contribution >= 0.6 is 0 Å². The lowest BCUT2D eigenvalue weighted by atomic mass is 10.0. The van der Waals surface area contributed by atoms with Crippen molar-refractivity contribution in [2.75, 3.05) is 19.6 Å². The number of piperidine rings is 1. The summed E-state index contributed by atoms with van der Waals surface area (Å²) < 4.78 is 1.81. The number of benzene rings is 2. The van der Waals surface area contributed by atoms with Crippen molar-refractivity contribution in [2.24, 2.45) is 0 Å². The Kier molecular flexibility index (Phi) is 6.29. The molecule has 2 aromatic carbocycles. The third-order valence-corrected chi connectivity index (χ3v) is 5.84. The number of para-hydroxylation sites is 1. The molecule has 2 heterocycles. The first kappa shape index (κ1) is 20.4. The molecular weight excluding hydrogens is 372 g/mol. The topological polar surface area (TPSA) is 50.2 Å². The van der Waals surface area contributed by atoms with Crippen LogP contribution in [0.5, 0.6) is 0 Å². The standard InChI is InChI=1S/C25H30N4O/c1-3-15-28-16-13-20(14-17-28)26-25(30)23-18-29(21-10-5-4-6-11-21)27-24(23)22-12-8-7-9-19(22)2/h4-12,18,20H,3,13-17H2,1-2H3,(H,26,30). The molecule has 5 nitrogen and oxygen atoms in total. The predicted octanol–water partition coefficient (Wildman–Crippen LogP) is 4.45. The molecule has 156 valence electrons. The Labute approximate surface area is 178 Å². The summed E-state index contributed by atoms with van der Waals surface area (Å²) in [5.74, 6) is -0.0376. The number of aryl methyl sites for hydroxylation is 1. The van der Waals surface area contributed by atoms with Gasteiger partial charge in [0.1, 0.15) is 5.69 Å². The van der Waals surface area contributed by atoms with E-state index in [0.717, 1.165) is 55.0 Å². The molecule has 1 aromatic heterocycles. The van der Waals surface area contributed by atoms with Crippen LogP contribution in [0.2, 0.25) is 0 Å². The summed E-state index contributed by atoms with van der Waals surface area (Å²) in [6.07, 6.45) is 5.03. The van der Waals surface area contributed by atoms with Gasteiger partial charge in [0.05, 0.1) is 11.3 Å². The van der Waals surface area contributed by atoms with Gasteiger partial charge in [-0.15, -0.1) is 0 Å². The number of carbonyl (C=O) groups excluding carboxylic acids is 1. The molecule has 4 rings (SSSR count). The molecule has 0 saturated carbocycles. The Morgan fingerprint density at radius 3 is 2.47 bits per heavy atom. The minimum absolute atomic E-state index is 0.0376. The Morgan fingerprint density at radius 2 is 1.77 bits per heavy atom. The van der Waals surface area contributed by atoms with Crippen LogP contribution in [0.3, 0.4) is 0 Å². The predicted molar refractivity (Wildman–Crippen MR) is 121 cm³/mol. The van der Waals surface area contributed by atoms with Gasteiger partial charge in [0.25, 0.3) is 5.91 Å². The molecule has 1 N–H and O–H groups in total. The molecule has 0 bridgehead atoms. The average molecular weight is 403 g/mol. The van der Waals surface area contributed by atoms with Crippen molar-refractivity contribution >= 4 is 5.91 Å². The van der Waals surface area contributed by atoms with E-state index in [0.29, 0.717) is 5.56 Å². The molecule has 0 radical (unpaired) electrons. The SMILES string of the molecule is CCCN1CCC(NC(=O)c2cn(-c3ccccc3)nc2-c2ccccc2C)CC1. The van der Waals surface area contributed by atoms with Crippen LogP contribution < -0.4 is 5.32 Å². The summed E-state index contributed by atoms with van der Waals surface area (Å²) in [6, 6.07) is 18.3. The third kappa shape index (κ3) is 4.46. The van der Waals surface area contributed by atoms with Crippen LogP contribution in [0.1, 0.15) is 42.1 Å². The van der Waals surface area contributed by atoms with E-state index in [1.165, 1.54) is 6.42 Å². The molecule has 5 heteroatoms. The number of rotatable bonds is 6. The van der Waals surface area contributed by atoms with Gasteiger partial charge in [-0.3, -0.25) is 4.79 Å². The summed E-state index contributed by atoms with van der Waals surface area (Å²) in [5, 5.41) is 8.08. The Bertz CT molecular complexity index is 987. The average Bonchev–Trinajstić information content (AvgIpc) is 3.22. The molecular formula is C25H30N4O. The Balaban J connectivity index is 1.61. The monoisotopic (exact) mass is 402 g/mol. The Morgan fingerprint density at radius 1 is 1.07 bits per heavy atom. The minimum atomic E-state index is -0.0376. The van der Waals surface area contributed by atoms with Crippen molar-refractivity contribution in [1.29, 1.82) is 0 Å². The number of hydrogen-bond donors (Lipinski definition) is 1. The lowest BCUT2D eigenvalue weighted by Gasteiger charge is -2.32. The van der Waals surface area contributed by atoms with Crippen molar-refractivity contribution in [3.8, 4) is 16.9 Å². The second-order valence-corrected chi connectivity index (χ2v) is 8.08. The van der Waals surface area contributed by atoms with Gasteiger partial charge in [-0.05, 0) is 50.4 Å². The zero-order valence-electron chi connectivity index (χ0n) is 17.8. The van der Waals surface area contributed by atoms with E-state index in [1.54, 1.807) is 4.68 Å². The molecule has 1 saturated heterocycles. The van der Waals surface area contributed by atoms with Crippen LogP contribution in [0.25, 0.3) is 16.9 Å². The van der Waals surface area contributed by atoms with E-state index in [1.807, 2.05) is 54.7 Å². The van der Waals surface area contributed by atoms with Crippen LogP contribution in [-0.2, 0) is 0 Å². The minimum Gasteiger partial charge on any atom is -0.349 e. The van der Waals surface area contributed by atoms with E-state index in [-0.39, 0.29) is 11.9 Å². The fourth-order valence-electron chi connectivity index (χ4n) is 4.17. The van der Waals surface area contributed by atoms with E-state index >= 15 is 0 Å². The molecule has 1 amide bonds. The summed E-state index contributed by atoms with van der Waals surface area (Å²) in [7, 11) is 0. The van der Waals surface area contributed by atoms with Gasteiger partial charge in [-0.1, -0.05) is 49.4 Å². The van der Waals surface area contributed by atoms with Crippen molar-refractivity contribution in [3.05, 3.63) is 71.9 Å². The fourth-order valence-corrected chi connectivity index (χ4v) is 4.17. The quantitative estimate of drug-likeness (QED) is 0.663. The van der Waals surface area contributed by atoms with E-state index in [4.69, 9.17) is 5.10 Å². The zero-order chi connectivity index (χ0) is 20.9. The fraction of sp³-hybridized carbons (Fsp3) is 0.360. The summed E-state index contributed by atoms with van der Waals surface area (Å²) in [4.78, 5) is 15.8. The molecule has 0 atom stereocenters. The second-order valence-electron chi connectivity index (χ2n) is 8.08. The summed E-state index contributed by atoms with van der Waals surface area (Å²) in [6.45, 7) is 7.51. The maximum Gasteiger partial charge on any atom is 0.255 e. The third-order valence-electron chi connectivity index (χ3n) is 5.84. The number of aromatic nitrogens is 2. The molecule has 0 spiro atoms. The number of hydrogen-bond acceptors (Lipinski definition) is 3. The Hall–Kier alpha value is -2.92. The highest BCUT2D eigenvalue weighted by atomic mass is 16.1. The van der Waals surface area contributed by atoms with Crippen LogP contribution in [0.15, 0.2) is 60.8 Å². The van der Waals surface area contributed by atoms with Crippen molar-refractivity contribution in [2.45, 2.75) is 39.2 Å². The molecule has 0 aliphatic carbocycles. The second kappa shape index (κ2) is 9.26. The highest BCUT2D eigenvalue weighted by Crippen LogP contribution is 2.27. The van der Waals surface area contributed by atoms with Gasteiger partial charge in [0, 0.05) is 30.9 Å². The number of carbonyl (C=O) groups is 1. The number of nitrogens with zero attached hydrogens (tertiary/aromatic N) is 3. The maximum absolute atomic E-state index is 13.3. The summed E-state index contributed by atoms with van der Waals surface area (Å²) >= 11 is 0.